The molecule has 0 radical (unpaired) electrons. The van der Waals surface area contributed by atoms with Crippen LogP contribution in [0.15, 0.2) is 24.3 Å². The molecule has 6 heteroatoms. The van der Waals surface area contributed by atoms with E-state index < -0.39 is 0 Å². The van der Waals surface area contributed by atoms with Gasteiger partial charge in [0, 0.05) is 13.5 Å². The first-order valence-electron chi connectivity index (χ1n) is 6.34. The topological polar surface area (TPSA) is 65.1 Å². The van der Waals surface area contributed by atoms with E-state index in [-0.39, 0.29) is 6.04 Å². The van der Waals surface area contributed by atoms with E-state index in [0.717, 1.165) is 22.7 Å². The van der Waals surface area contributed by atoms with Gasteiger partial charge < -0.3 is 4.74 Å². The Morgan fingerprint density at radius 3 is 2.50 bits per heavy atom. The summed E-state index contributed by atoms with van der Waals surface area (Å²) in [5.74, 6) is 6.49. The molecule has 0 saturated carbocycles. The summed E-state index contributed by atoms with van der Waals surface area (Å²) in [6.07, 6.45) is 0.666. The molecule has 3 N–H and O–H groups in total. The Labute approximate surface area is 123 Å². The fourth-order valence-corrected chi connectivity index (χ4v) is 2.44. The maximum atomic E-state index is 6.28. The number of nitrogens with one attached hydrogen (secondary N) is 1. The van der Waals surface area contributed by atoms with Gasteiger partial charge in [0.2, 0.25) is 0 Å². The summed E-state index contributed by atoms with van der Waals surface area (Å²) < 4.78 is 6.95. The highest BCUT2D eigenvalue weighted by Crippen LogP contribution is 2.26. The molecule has 5 nitrogen and oxygen atoms in total. The average molecular weight is 295 g/mol. The fourth-order valence-electron chi connectivity index (χ4n) is 2.20. The van der Waals surface area contributed by atoms with Gasteiger partial charge in [0.25, 0.3) is 0 Å². The molecule has 2 rings (SSSR count). The number of hydrogen-bond acceptors (Lipinski definition) is 4. The summed E-state index contributed by atoms with van der Waals surface area (Å²) in [6, 6.07) is 7.76. The maximum absolute atomic E-state index is 6.28. The van der Waals surface area contributed by atoms with Crippen LogP contribution >= 0.6 is 11.6 Å². The summed E-state index contributed by atoms with van der Waals surface area (Å²) in [6.45, 7) is 1.89. The zero-order chi connectivity index (χ0) is 14.7. The summed E-state index contributed by atoms with van der Waals surface area (Å²) in [5.41, 5.74) is 5.69. The van der Waals surface area contributed by atoms with Crippen LogP contribution in [0.25, 0.3) is 0 Å². The van der Waals surface area contributed by atoms with Gasteiger partial charge in [-0.2, -0.15) is 5.10 Å². The lowest BCUT2D eigenvalue weighted by atomic mass is 10.0. The van der Waals surface area contributed by atoms with Gasteiger partial charge in [0.15, 0.2) is 0 Å². The molecule has 0 bridgehead atoms. The molecule has 0 fully saturated rings. The van der Waals surface area contributed by atoms with Crippen molar-refractivity contribution in [1.82, 2.24) is 15.2 Å². The Morgan fingerprint density at radius 2 is 2.05 bits per heavy atom. The molecule has 1 heterocycles. The lowest BCUT2D eigenvalue weighted by molar-refractivity contribution is 0.414. The predicted octanol–water partition coefficient (Wildman–Crippen LogP) is 2.14. The molecule has 2 aromatic rings. The molecule has 0 amide bonds. The summed E-state index contributed by atoms with van der Waals surface area (Å²) >= 11 is 6.28. The van der Waals surface area contributed by atoms with Crippen molar-refractivity contribution in [3.63, 3.8) is 0 Å². The van der Waals surface area contributed by atoms with E-state index in [1.807, 2.05) is 38.2 Å². The minimum atomic E-state index is -0.0341. The van der Waals surface area contributed by atoms with E-state index in [4.69, 9.17) is 22.2 Å². The first-order valence-corrected chi connectivity index (χ1v) is 6.72. The standard InChI is InChI=1S/C14H19ClN4O/c1-9-14(15)13(19(2)18-9)8-12(17-16)10-4-6-11(20-3)7-5-10/h4-7,12,17H,8,16H2,1-3H3. The zero-order valence-electron chi connectivity index (χ0n) is 11.9. The normalized spacial score (nSPS) is 12.4. The lowest BCUT2D eigenvalue weighted by Gasteiger charge is -2.17. The van der Waals surface area contributed by atoms with Crippen molar-refractivity contribution < 1.29 is 4.74 Å². The van der Waals surface area contributed by atoms with Gasteiger partial charge >= 0.3 is 0 Å². The van der Waals surface area contributed by atoms with Gasteiger partial charge in [-0.3, -0.25) is 16.0 Å². The number of aromatic nitrogens is 2. The van der Waals surface area contributed by atoms with Crippen LogP contribution in [0, 0.1) is 6.92 Å². The number of nitrogens with zero attached hydrogens (tertiary/aromatic N) is 2. The lowest BCUT2D eigenvalue weighted by Crippen LogP contribution is -2.30. The smallest absolute Gasteiger partial charge is 0.118 e. The molecule has 1 aromatic heterocycles. The highest BCUT2D eigenvalue weighted by molar-refractivity contribution is 6.31. The van der Waals surface area contributed by atoms with Crippen LogP contribution in [-0.2, 0) is 13.5 Å². The first kappa shape index (κ1) is 14.8. The van der Waals surface area contributed by atoms with Crippen molar-refractivity contribution in [2.24, 2.45) is 12.9 Å². The zero-order valence-corrected chi connectivity index (χ0v) is 12.6. The van der Waals surface area contributed by atoms with Gasteiger partial charge in [-0.1, -0.05) is 23.7 Å². The number of ether oxygens (including phenoxy) is 1. The van der Waals surface area contributed by atoms with E-state index >= 15 is 0 Å². The van der Waals surface area contributed by atoms with Gasteiger partial charge in [0.05, 0.1) is 29.6 Å². The number of rotatable bonds is 5. The van der Waals surface area contributed by atoms with Gasteiger partial charge in [-0.05, 0) is 24.6 Å². The van der Waals surface area contributed by atoms with Crippen molar-refractivity contribution in [2.75, 3.05) is 7.11 Å². The van der Waals surface area contributed by atoms with Crippen LogP contribution in [0.1, 0.15) is 23.0 Å². The Bertz CT molecular complexity index is 580. The van der Waals surface area contributed by atoms with E-state index in [9.17, 15) is 0 Å². The highest BCUT2D eigenvalue weighted by atomic mass is 35.5. The summed E-state index contributed by atoms with van der Waals surface area (Å²) in [7, 11) is 3.53. The number of hydrazine groups is 1. The third-order valence-corrected chi connectivity index (χ3v) is 3.87. The molecular formula is C14H19ClN4O. The van der Waals surface area contributed by atoms with Crippen molar-refractivity contribution in [1.29, 1.82) is 0 Å². The minimum absolute atomic E-state index is 0.0341. The van der Waals surface area contributed by atoms with Crippen LogP contribution in [0.4, 0.5) is 0 Å². The molecule has 0 aliphatic heterocycles. The number of halogens is 1. The van der Waals surface area contributed by atoms with Crippen molar-refractivity contribution in [3.8, 4) is 5.75 Å². The number of methoxy groups -OCH3 is 1. The second-order valence-electron chi connectivity index (χ2n) is 4.67. The fraction of sp³-hybridized carbons (Fsp3) is 0.357. The van der Waals surface area contributed by atoms with E-state index in [2.05, 4.69) is 10.5 Å². The van der Waals surface area contributed by atoms with Crippen LogP contribution in [0.3, 0.4) is 0 Å². The summed E-state index contributed by atoms with van der Waals surface area (Å²) in [4.78, 5) is 0. The molecule has 20 heavy (non-hydrogen) atoms. The van der Waals surface area contributed by atoms with Crippen LogP contribution in [-0.4, -0.2) is 16.9 Å². The molecule has 0 saturated heterocycles. The van der Waals surface area contributed by atoms with Crippen LogP contribution in [0.5, 0.6) is 5.75 Å². The largest absolute Gasteiger partial charge is 0.497 e. The van der Waals surface area contributed by atoms with Gasteiger partial charge in [0.1, 0.15) is 5.75 Å². The van der Waals surface area contributed by atoms with E-state index in [0.29, 0.717) is 11.4 Å². The Hall–Kier alpha value is -1.56. The molecule has 1 aromatic carbocycles. The van der Waals surface area contributed by atoms with E-state index in [1.54, 1.807) is 11.8 Å². The molecule has 1 atom stereocenters. The van der Waals surface area contributed by atoms with Crippen LogP contribution < -0.4 is 16.0 Å². The maximum Gasteiger partial charge on any atom is 0.118 e. The number of nitrogens with two attached hydrogens (primary N) is 1. The van der Waals surface area contributed by atoms with Crippen molar-refractivity contribution >= 4 is 11.6 Å². The first-order chi connectivity index (χ1) is 9.56. The second kappa shape index (κ2) is 6.26. The molecule has 0 spiro atoms. The van der Waals surface area contributed by atoms with E-state index in [1.165, 1.54) is 0 Å². The number of hydrogen-bond donors (Lipinski definition) is 2. The quantitative estimate of drug-likeness (QED) is 0.655. The predicted molar refractivity (Wildman–Crippen MR) is 79.7 cm³/mol. The Balaban J connectivity index is 2.23. The monoisotopic (exact) mass is 294 g/mol. The second-order valence-corrected chi connectivity index (χ2v) is 5.04. The molecular weight excluding hydrogens is 276 g/mol. The van der Waals surface area contributed by atoms with Crippen LogP contribution in [0.2, 0.25) is 5.02 Å². The molecule has 108 valence electrons. The summed E-state index contributed by atoms with van der Waals surface area (Å²) in [5, 5.41) is 5.01. The third-order valence-electron chi connectivity index (χ3n) is 3.38. The molecule has 0 aliphatic rings. The van der Waals surface area contributed by atoms with Crippen molar-refractivity contribution in [2.45, 2.75) is 19.4 Å². The number of aryl methyl sites for hydroxylation is 2. The van der Waals surface area contributed by atoms with Crippen molar-refractivity contribution in [3.05, 3.63) is 46.2 Å². The molecule has 1 unspecified atom stereocenters. The SMILES string of the molecule is COc1ccc(C(Cc2c(Cl)c(C)nn2C)NN)cc1. The van der Waals surface area contributed by atoms with Gasteiger partial charge in [-0.25, -0.2) is 0 Å². The average Bonchev–Trinajstić information content (AvgIpc) is 2.70. The number of benzene rings is 1. The van der Waals surface area contributed by atoms with Gasteiger partial charge in [-0.15, -0.1) is 0 Å². The minimum Gasteiger partial charge on any atom is -0.497 e. The highest BCUT2D eigenvalue weighted by Gasteiger charge is 2.17. The third kappa shape index (κ3) is 2.95. The molecule has 0 aliphatic carbocycles. The Morgan fingerprint density at radius 1 is 1.40 bits per heavy atom. The Kier molecular flexibility index (Phi) is 4.65.